The molecule has 3 N–H and O–H groups in total. The summed E-state index contributed by atoms with van der Waals surface area (Å²) in [7, 11) is 0. The molecule has 0 aromatic rings. The van der Waals surface area contributed by atoms with E-state index in [1.165, 1.54) is 289 Å². The molecule has 0 aliphatic heterocycles. The third-order valence-electron chi connectivity index (χ3n) is 15.9. The molecule has 0 bridgehead atoms. The highest BCUT2D eigenvalue weighted by Gasteiger charge is 2.20. The minimum atomic E-state index is -0.660. The van der Waals surface area contributed by atoms with Crippen LogP contribution < -0.4 is 5.32 Å². The number of nitrogens with one attached hydrogen (secondary N) is 1. The molecule has 0 aromatic heterocycles. The van der Waals surface area contributed by atoms with Crippen molar-refractivity contribution >= 4 is 11.9 Å². The molecular formula is C70H133NO5. The summed E-state index contributed by atoms with van der Waals surface area (Å²) in [4.78, 5) is 24.5. The monoisotopic (exact) mass is 1070 g/mol. The molecule has 6 heteroatoms. The summed E-state index contributed by atoms with van der Waals surface area (Å²) in [6, 6.07) is -0.537. The standard InChI is InChI=1S/C70H133NO5/c1-3-5-7-9-11-13-14-15-16-17-35-38-41-44-48-52-56-60-64-70(75)76-65-61-57-53-49-45-42-39-36-33-31-29-27-25-23-21-19-18-20-22-24-26-28-30-32-34-37-40-43-47-51-55-59-63-69(74)71-67(66-72)68(73)62-58-54-50-46-12-10-8-6-4-2/h13-14,16-17,21,23,67-68,72-73H,3-12,15,18-20,22,24-66H2,1-2H3,(H,71,74)/b14-13-,17-16-,23-21-. The highest BCUT2D eigenvalue weighted by Crippen LogP contribution is 2.18. The fourth-order valence-corrected chi connectivity index (χ4v) is 10.7. The summed E-state index contributed by atoms with van der Waals surface area (Å²) < 4.78 is 5.50. The molecule has 448 valence electrons. The third kappa shape index (κ3) is 61.3. The normalized spacial score (nSPS) is 12.7. The number of ether oxygens (including phenoxy) is 1. The Balaban J connectivity index is 3.32. The van der Waals surface area contributed by atoms with E-state index in [4.69, 9.17) is 4.74 Å². The number of esters is 1. The van der Waals surface area contributed by atoms with E-state index in [1.807, 2.05) is 0 Å². The predicted octanol–water partition coefficient (Wildman–Crippen LogP) is 21.9. The second-order valence-corrected chi connectivity index (χ2v) is 23.5. The van der Waals surface area contributed by atoms with Crippen LogP contribution in [0.4, 0.5) is 0 Å². The lowest BCUT2D eigenvalue weighted by Gasteiger charge is -2.22. The van der Waals surface area contributed by atoms with Gasteiger partial charge in [-0.05, 0) is 83.5 Å². The molecule has 0 radical (unpaired) electrons. The second kappa shape index (κ2) is 65.6. The van der Waals surface area contributed by atoms with Gasteiger partial charge in [-0.15, -0.1) is 0 Å². The van der Waals surface area contributed by atoms with E-state index >= 15 is 0 Å². The fourth-order valence-electron chi connectivity index (χ4n) is 10.7. The second-order valence-electron chi connectivity index (χ2n) is 23.5. The lowest BCUT2D eigenvalue weighted by molar-refractivity contribution is -0.143. The zero-order valence-corrected chi connectivity index (χ0v) is 51.3. The maximum Gasteiger partial charge on any atom is 0.305 e. The minimum Gasteiger partial charge on any atom is -0.466 e. The molecule has 2 atom stereocenters. The number of hydrogen-bond acceptors (Lipinski definition) is 5. The van der Waals surface area contributed by atoms with Crippen LogP contribution in [-0.4, -0.2) is 47.4 Å². The van der Waals surface area contributed by atoms with Crippen LogP contribution in [0.25, 0.3) is 0 Å². The van der Waals surface area contributed by atoms with Crippen LogP contribution in [0.2, 0.25) is 0 Å². The van der Waals surface area contributed by atoms with Crippen LogP contribution in [0.15, 0.2) is 36.5 Å². The van der Waals surface area contributed by atoms with Gasteiger partial charge in [0.2, 0.25) is 5.91 Å². The molecular weight excluding hydrogens is 935 g/mol. The van der Waals surface area contributed by atoms with E-state index in [9.17, 15) is 19.8 Å². The Morgan fingerprint density at radius 3 is 1.03 bits per heavy atom. The maximum atomic E-state index is 12.4. The van der Waals surface area contributed by atoms with Gasteiger partial charge in [0.25, 0.3) is 0 Å². The van der Waals surface area contributed by atoms with Crippen LogP contribution in [0.1, 0.15) is 373 Å². The van der Waals surface area contributed by atoms with E-state index in [2.05, 4.69) is 55.6 Å². The van der Waals surface area contributed by atoms with E-state index in [0.717, 1.165) is 51.4 Å². The summed E-state index contributed by atoms with van der Waals surface area (Å²) in [5, 5.41) is 23.1. The Labute approximate surface area is 474 Å². The fraction of sp³-hybridized carbons (Fsp3) is 0.886. The van der Waals surface area contributed by atoms with Gasteiger partial charge in [0.05, 0.1) is 25.4 Å². The van der Waals surface area contributed by atoms with Crippen molar-refractivity contribution in [3.63, 3.8) is 0 Å². The van der Waals surface area contributed by atoms with Gasteiger partial charge in [-0.1, -0.05) is 314 Å². The summed E-state index contributed by atoms with van der Waals surface area (Å²) in [5.74, 6) is -0.0226. The maximum absolute atomic E-state index is 12.4. The predicted molar refractivity (Wildman–Crippen MR) is 333 cm³/mol. The number of allylic oxidation sites excluding steroid dienone is 6. The smallest absolute Gasteiger partial charge is 0.305 e. The first kappa shape index (κ1) is 74.1. The quantitative estimate of drug-likeness (QED) is 0.0320. The average molecular weight is 1070 g/mol. The molecule has 0 saturated heterocycles. The molecule has 0 heterocycles. The zero-order chi connectivity index (χ0) is 55.0. The number of carbonyl (C=O) groups is 2. The van der Waals surface area contributed by atoms with Crippen LogP contribution in [-0.2, 0) is 14.3 Å². The molecule has 0 aromatic carbocycles. The largest absolute Gasteiger partial charge is 0.466 e. The van der Waals surface area contributed by atoms with Gasteiger partial charge in [0.1, 0.15) is 0 Å². The van der Waals surface area contributed by atoms with Crippen molar-refractivity contribution in [1.82, 2.24) is 5.32 Å². The highest BCUT2D eigenvalue weighted by molar-refractivity contribution is 5.76. The SMILES string of the molecule is CCCCCC/C=C\C/C=C\CCCCCCCCCC(=O)OCCCCCCCCCCCCCC/C=C\CCCCCCCCCCCCCCCCCCC(=O)NC(CO)C(O)CCCCCCCCCCC. The molecule has 76 heavy (non-hydrogen) atoms. The Morgan fingerprint density at radius 2 is 0.658 bits per heavy atom. The van der Waals surface area contributed by atoms with Gasteiger partial charge < -0.3 is 20.3 Å². The van der Waals surface area contributed by atoms with Gasteiger partial charge in [-0.3, -0.25) is 9.59 Å². The van der Waals surface area contributed by atoms with E-state index in [0.29, 0.717) is 25.9 Å². The topological polar surface area (TPSA) is 95.9 Å². The van der Waals surface area contributed by atoms with Crippen molar-refractivity contribution in [1.29, 1.82) is 0 Å². The molecule has 0 aliphatic carbocycles. The summed E-state index contributed by atoms with van der Waals surface area (Å²) >= 11 is 0. The number of unbranched alkanes of at least 4 members (excludes halogenated alkanes) is 47. The first-order valence-electron chi connectivity index (χ1n) is 34.2. The Bertz CT molecular complexity index is 1230. The van der Waals surface area contributed by atoms with Crippen molar-refractivity contribution in [2.45, 2.75) is 386 Å². The number of aliphatic hydroxyl groups excluding tert-OH is 2. The van der Waals surface area contributed by atoms with Crippen molar-refractivity contribution in [2.24, 2.45) is 0 Å². The van der Waals surface area contributed by atoms with Crippen LogP contribution in [0.5, 0.6) is 0 Å². The Kier molecular flexibility index (Phi) is 63.9. The molecule has 2 unspecified atom stereocenters. The number of carbonyl (C=O) groups excluding carboxylic acids is 2. The van der Waals surface area contributed by atoms with Gasteiger partial charge in [-0.25, -0.2) is 0 Å². The number of rotatable bonds is 64. The molecule has 1 amide bonds. The molecule has 0 saturated carbocycles. The lowest BCUT2D eigenvalue weighted by Crippen LogP contribution is -2.45. The molecule has 0 fully saturated rings. The van der Waals surface area contributed by atoms with E-state index in [1.54, 1.807) is 0 Å². The van der Waals surface area contributed by atoms with Crippen LogP contribution in [0, 0.1) is 0 Å². The van der Waals surface area contributed by atoms with Crippen molar-refractivity contribution in [2.75, 3.05) is 13.2 Å². The summed E-state index contributed by atoms with van der Waals surface area (Å²) in [5.41, 5.74) is 0. The van der Waals surface area contributed by atoms with E-state index in [-0.39, 0.29) is 18.5 Å². The summed E-state index contributed by atoms with van der Waals surface area (Å²) in [6.07, 6.45) is 83.5. The first-order valence-corrected chi connectivity index (χ1v) is 34.2. The van der Waals surface area contributed by atoms with Crippen molar-refractivity contribution in [3.05, 3.63) is 36.5 Å². The zero-order valence-electron chi connectivity index (χ0n) is 51.3. The van der Waals surface area contributed by atoms with Gasteiger partial charge in [0, 0.05) is 12.8 Å². The number of aliphatic hydroxyl groups is 2. The Hall–Kier alpha value is -1.92. The lowest BCUT2D eigenvalue weighted by atomic mass is 10.0. The van der Waals surface area contributed by atoms with Crippen molar-refractivity contribution < 1.29 is 24.5 Å². The van der Waals surface area contributed by atoms with Crippen LogP contribution >= 0.6 is 0 Å². The number of amides is 1. The molecule has 0 rings (SSSR count). The van der Waals surface area contributed by atoms with E-state index < -0.39 is 12.1 Å². The van der Waals surface area contributed by atoms with Gasteiger partial charge in [0.15, 0.2) is 0 Å². The Morgan fingerprint density at radius 1 is 0.368 bits per heavy atom. The van der Waals surface area contributed by atoms with Crippen LogP contribution in [0.3, 0.4) is 0 Å². The van der Waals surface area contributed by atoms with Crippen molar-refractivity contribution in [3.8, 4) is 0 Å². The van der Waals surface area contributed by atoms with Gasteiger partial charge in [-0.2, -0.15) is 0 Å². The average Bonchev–Trinajstić information content (AvgIpc) is 3.42. The minimum absolute atomic E-state index is 0.0110. The first-order chi connectivity index (χ1) is 37.5. The molecule has 6 nitrogen and oxygen atoms in total. The highest BCUT2D eigenvalue weighted by atomic mass is 16.5. The molecule has 0 spiro atoms. The number of hydrogen-bond donors (Lipinski definition) is 3. The summed E-state index contributed by atoms with van der Waals surface area (Å²) in [6.45, 7) is 4.93. The molecule has 0 aliphatic rings. The third-order valence-corrected chi connectivity index (χ3v) is 15.9. The van der Waals surface area contributed by atoms with Gasteiger partial charge >= 0.3 is 5.97 Å².